The third-order valence-corrected chi connectivity index (χ3v) is 6.25. The molecule has 1 atom stereocenters. The Morgan fingerprint density at radius 1 is 0.710 bits per heavy atom. The highest BCUT2D eigenvalue weighted by molar-refractivity contribution is 5.66. The summed E-state index contributed by atoms with van der Waals surface area (Å²) in [4.78, 5) is 12.8. The first-order valence-electron chi connectivity index (χ1n) is 13.6. The molecule has 0 aromatic carbocycles. The van der Waals surface area contributed by atoms with Crippen LogP contribution in [0.25, 0.3) is 0 Å². The maximum atomic E-state index is 10.4. The van der Waals surface area contributed by atoms with Gasteiger partial charge in [-0.05, 0) is 65.0 Å². The summed E-state index contributed by atoms with van der Waals surface area (Å²) in [6.07, 6.45) is 29.8. The number of allylic oxidation sites excluding steroid dienone is 2. The molecule has 0 bridgehead atoms. The van der Waals surface area contributed by atoms with E-state index in [4.69, 9.17) is 5.11 Å². The normalized spacial score (nSPS) is 12.8. The lowest BCUT2D eigenvalue weighted by atomic mass is 9.94. The molecule has 0 aliphatic heterocycles. The first-order chi connectivity index (χ1) is 15.1. The first-order valence-corrected chi connectivity index (χ1v) is 13.6. The molecule has 0 aliphatic rings. The number of aliphatic carboxylic acids is 1. The quantitative estimate of drug-likeness (QED) is 0.121. The molecule has 31 heavy (non-hydrogen) atoms. The number of carboxylic acids is 1. The van der Waals surface area contributed by atoms with Crippen molar-refractivity contribution >= 4 is 5.97 Å². The van der Waals surface area contributed by atoms with E-state index in [-0.39, 0.29) is 0 Å². The number of nitrogens with zero attached hydrogens (tertiary/aromatic N) is 1. The molecule has 3 heteroatoms. The molecule has 0 aromatic heterocycles. The van der Waals surface area contributed by atoms with Gasteiger partial charge < -0.3 is 10.0 Å². The lowest BCUT2D eigenvalue weighted by Gasteiger charge is -2.21. The Morgan fingerprint density at radius 3 is 1.65 bits per heavy atom. The number of rotatable bonds is 24. The number of hydrogen-bond donors (Lipinski definition) is 1. The average molecular weight is 438 g/mol. The topological polar surface area (TPSA) is 40.5 Å². The van der Waals surface area contributed by atoms with Crippen molar-refractivity contribution in [2.45, 2.75) is 135 Å². The van der Waals surface area contributed by atoms with Crippen LogP contribution in [0.15, 0.2) is 12.2 Å². The van der Waals surface area contributed by atoms with Gasteiger partial charge in [-0.2, -0.15) is 0 Å². The fraction of sp³-hybridized carbons (Fsp3) is 0.893. The minimum Gasteiger partial charge on any atom is -0.481 e. The Morgan fingerprint density at radius 2 is 1.16 bits per heavy atom. The predicted molar refractivity (Wildman–Crippen MR) is 137 cm³/mol. The molecule has 1 N–H and O–H groups in total. The van der Waals surface area contributed by atoms with E-state index < -0.39 is 5.97 Å². The second kappa shape index (κ2) is 23.8. The molecule has 0 saturated carbocycles. The van der Waals surface area contributed by atoms with Crippen LogP contribution in [0.5, 0.6) is 0 Å². The van der Waals surface area contributed by atoms with Gasteiger partial charge in [-0.15, -0.1) is 0 Å². The Labute approximate surface area is 195 Å². The van der Waals surface area contributed by atoms with Gasteiger partial charge in [-0.3, -0.25) is 4.79 Å². The molecular formula is C28H55NO2. The van der Waals surface area contributed by atoms with Crippen molar-refractivity contribution in [2.75, 3.05) is 20.6 Å². The van der Waals surface area contributed by atoms with E-state index in [1.54, 1.807) is 0 Å². The fourth-order valence-corrected chi connectivity index (χ4v) is 4.41. The van der Waals surface area contributed by atoms with Crippen LogP contribution in [0, 0.1) is 5.92 Å². The molecule has 0 aromatic rings. The summed E-state index contributed by atoms with van der Waals surface area (Å²) < 4.78 is 0. The molecule has 3 nitrogen and oxygen atoms in total. The number of carbonyl (C=O) groups is 1. The largest absolute Gasteiger partial charge is 0.481 e. The van der Waals surface area contributed by atoms with Crippen molar-refractivity contribution in [2.24, 2.45) is 5.92 Å². The highest BCUT2D eigenvalue weighted by atomic mass is 16.4. The van der Waals surface area contributed by atoms with E-state index in [1.807, 2.05) is 0 Å². The van der Waals surface area contributed by atoms with Gasteiger partial charge in [0, 0.05) is 13.0 Å². The zero-order chi connectivity index (χ0) is 23.0. The summed E-state index contributed by atoms with van der Waals surface area (Å²) in [6, 6.07) is 0. The monoisotopic (exact) mass is 437 g/mol. The van der Waals surface area contributed by atoms with E-state index in [0.717, 1.165) is 18.8 Å². The number of hydrogen-bond acceptors (Lipinski definition) is 2. The van der Waals surface area contributed by atoms with Crippen LogP contribution < -0.4 is 0 Å². The van der Waals surface area contributed by atoms with Crippen molar-refractivity contribution in [1.29, 1.82) is 0 Å². The van der Waals surface area contributed by atoms with Gasteiger partial charge in [0.2, 0.25) is 0 Å². The molecule has 0 heterocycles. The highest BCUT2D eigenvalue weighted by Gasteiger charge is 2.09. The minimum absolute atomic E-state index is 0.329. The van der Waals surface area contributed by atoms with Gasteiger partial charge in [0.25, 0.3) is 0 Å². The Hall–Kier alpha value is -0.830. The smallest absolute Gasteiger partial charge is 0.303 e. The molecule has 0 aliphatic carbocycles. The maximum absolute atomic E-state index is 10.4. The molecule has 0 radical (unpaired) electrons. The van der Waals surface area contributed by atoms with Crippen LogP contribution in [0.4, 0.5) is 0 Å². The summed E-state index contributed by atoms with van der Waals surface area (Å²) in [5.41, 5.74) is 0. The second-order valence-corrected chi connectivity index (χ2v) is 9.85. The Balaban J connectivity index is 3.44. The van der Waals surface area contributed by atoms with Crippen molar-refractivity contribution in [1.82, 2.24) is 4.90 Å². The summed E-state index contributed by atoms with van der Waals surface area (Å²) in [7, 11) is 4.44. The van der Waals surface area contributed by atoms with Crippen molar-refractivity contribution in [3.8, 4) is 0 Å². The van der Waals surface area contributed by atoms with E-state index in [0.29, 0.717) is 6.42 Å². The third kappa shape index (κ3) is 25.3. The molecule has 0 fully saturated rings. The molecular weight excluding hydrogens is 382 g/mol. The lowest BCUT2D eigenvalue weighted by molar-refractivity contribution is -0.137. The highest BCUT2D eigenvalue weighted by Crippen LogP contribution is 2.19. The van der Waals surface area contributed by atoms with Crippen LogP contribution >= 0.6 is 0 Å². The predicted octanol–water partition coefficient (Wildman–Crippen LogP) is 8.63. The fourth-order valence-electron chi connectivity index (χ4n) is 4.41. The summed E-state index contributed by atoms with van der Waals surface area (Å²) in [5.74, 6) is 0.242. The SMILES string of the molecule is CCCCCCC(CCCCCCCCC=CCCCCCCCC(=O)O)CN(C)C. The molecule has 0 rings (SSSR count). The zero-order valence-electron chi connectivity index (χ0n) is 21.4. The van der Waals surface area contributed by atoms with Gasteiger partial charge >= 0.3 is 5.97 Å². The zero-order valence-corrected chi connectivity index (χ0v) is 21.4. The van der Waals surface area contributed by atoms with Crippen LogP contribution in [-0.2, 0) is 4.79 Å². The molecule has 184 valence electrons. The Kier molecular flexibility index (Phi) is 23.2. The summed E-state index contributed by atoms with van der Waals surface area (Å²) >= 11 is 0. The van der Waals surface area contributed by atoms with Crippen LogP contribution in [0.3, 0.4) is 0 Å². The average Bonchev–Trinajstić information content (AvgIpc) is 2.72. The molecule has 1 unspecified atom stereocenters. The van der Waals surface area contributed by atoms with Crippen LogP contribution in [0.1, 0.15) is 135 Å². The first kappa shape index (κ1) is 30.2. The van der Waals surface area contributed by atoms with Crippen molar-refractivity contribution in [3.63, 3.8) is 0 Å². The summed E-state index contributed by atoms with van der Waals surface area (Å²) in [6.45, 7) is 3.56. The molecule has 0 spiro atoms. The van der Waals surface area contributed by atoms with Gasteiger partial charge in [-0.25, -0.2) is 0 Å². The number of unbranched alkanes of at least 4 members (excludes halogenated alkanes) is 14. The van der Waals surface area contributed by atoms with E-state index in [9.17, 15) is 4.79 Å². The molecule has 0 saturated heterocycles. The second-order valence-electron chi connectivity index (χ2n) is 9.85. The van der Waals surface area contributed by atoms with Crippen LogP contribution in [-0.4, -0.2) is 36.6 Å². The van der Waals surface area contributed by atoms with Gasteiger partial charge in [-0.1, -0.05) is 96.1 Å². The summed E-state index contributed by atoms with van der Waals surface area (Å²) in [5, 5.41) is 8.60. The van der Waals surface area contributed by atoms with E-state index >= 15 is 0 Å². The van der Waals surface area contributed by atoms with E-state index in [2.05, 4.69) is 38.1 Å². The van der Waals surface area contributed by atoms with Crippen molar-refractivity contribution < 1.29 is 9.90 Å². The number of carboxylic acid groups (broad SMARTS) is 1. The minimum atomic E-state index is -0.662. The third-order valence-electron chi connectivity index (χ3n) is 6.25. The molecule has 0 amide bonds. The van der Waals surface area contributed by atoms with Crippen molar-refractivity contribution in [3.05, 3.63) is 12.2 Å². The maximum Gasteiger partial charge on any atom is 0.303 e. The lowest BCUT2D eigenvalue weighted by Crippen LogP contribution is -2.21. The standard InChI is InChI=1S/C28H55NO2/c1-4-5-6-20-23-27(26-29(2)3)24-21-18-16-14-12-10-8-7-9-11-13-15-17-19-22-25-28(30)31/h7,9,27H,4-6,8,10-26H2,1-3H3,(H,30,31). The van der Waals surface area contributed by atoms with Crippen LogP contribution in [0.2, 0.25) is 0 Å². The Bertz CT molecular complexity index is 406. The van der Waals surface area contributed by atoms with E-state index in [1.165, 1.54) is 116 Å². The van der Waals surface area contributed by atoms with Gasteiger partial charge in [0.15, 0.2) is 0 Å². The van der Waals surface area contributed by atoms with Gasteiger partial charge in [0.05, 0.1) is 0 Å². The van der Waals surface area contributed by atoms with Gasteiger partial charge in [0.1, 0.15) is 0 Å².